The predicted octanol–water partition coefficient (Wildman–Crippen LogP) is 0.857. The number of amides is 2. The highest BCUT2D eigenvalue weighted by molar-refractivity contribution is 7.18. The van der Waals surface area contributed by atoms with E-state index in [1.165, 1.54) is 0 Å². The van der Waals surface area contributed by atoms with E-state index in [1.807, 2.05) is 39.1 Å². The van der Waals surface area contributed by atoms with Crippen molar-refractivity contribution in [3.05, 3.63) is 29.3 Å². The molecular weight excluding hydrogens is 336 g/mol. The summed E-state index contributed by atoms with van der Waals surface area (Å²) in [6, 6.07) is 8.18. The molecule has 0 aliphatic rings. The molecule has 6 nitrogen and oxygen atoms in total. The molecule has 0 aliphatic carbocycles. The van der Waals surface area contributed by atoms with Crippen molar-refractivity contribution < 1.29 is 14.5 Å². The van der Waals surface area contributed by atoms with E-state index >= 15 is 0 Å². The number of likely N-dealkylation sites (N-methyl/N-ethyl adjacent to an activating group) is 3. The van der Waals surface area contributed by atoms with Gasteiger partial charge in [-0.15, -0.1) is 11.3 Å². The van der Waals surface area contributed by atoms with Crippen LogP contribution in [0.2, 0.25) is 0 Å². The molecule has 25 heavy (non-hydrogen) atoms. The van der Waals surface area contributed by atoms with E-state index in [2.05, 4.69) is 23.3 Å². The maximum atomic E-state index is 12.5. The fraction of sp³-hybridized carbons (Fsp3) is 0.500. The predicted molar refractivity (Wildman–Crippen MR) is 101 cm³/mol. The number of hydrogen-bond donors (Lipinski definition) is 2. The highest BCUT2D eigenvalue weighted by atomic mass is 32.1. The minimum absolute atomic E-state index is 0.0146. The van der Waals surface area contributed by atoms with E-state index in [0.29, 0.717) is 19.6 Å². The number of aromatic nitrogens is 1. The molecule has 7 heteroatoms. The molecule has 2 aromatic rings. The summed E-state index contributed by atoms with van der Waals surface area (Å²) in [6.07, 6.45) is 0. The Morgan fingerprint density at radius 1 is 1.32 bits per heavy atom. The summed E-state index contributed by atoms with van der Waals surface area (Å²) in [5.41, 5.74) is 1.000. The zero-order valence-corrected chi connectivity index (χ0v) is 16.2. The van der Waals surface area contributed by atoms with Crippen LogP contribution in [0.3, 0.4) is 0 Å². The van der Waals surface area contributed by atoms with Crippen LogP contribution < -0.4 is 10.2 Å². The molecule has 1 aromatic carbocycles. The standard InChI is InChI=1S/C18H26N4O2S/c1-5-19-16(23)11-22(6-2)17(24)12-21(4)13(3)18-20-14-9-7-8-10-15(14)25-18/h7-10,13H,5-6,11-12H2,1-4H3,(H,19,23)/p+1/t13-/m1/s1. The Morgan fingerprint density at radius 2 is 2.04 bits per heavy atom. The number of quaternary nitrogens is 1. The lowest BCUT2D eigenvalue weighted by molar-refractivity contribution is -0.902. The number of thiazole rings is 1. The first-order valence-electron chi connectivity index (χ1n) is 8.68. The van der Waals surface area contributed by atoms with Crippen LogP contribution in [0, 0.1) is 0 Å². The van der Waals surface area contributed by atoms with Crippen molar-refractivity contribution in [2.24, 2.45) is 0 Å². The molecule has 0 saturated heterocycles. The molecular formula is C18H27N4O2S+. The normalized spacial score (nSPS) is 13.4. The Hall–Kier alpha value is -1.99. The number of carbonyl (C=O) groups is 2. The van der Waals surface area contributed by atoms with Gasteiger partial charge in [-0.25, -0.2) is 4.98 Å². The number of carbonyl (C=O) groups excluding carboxylic acids is 2. The number of benzene rings is 1. The van der Waals surface area contributed by atoms with Crippen molar-refractivity contribution in [1.29, 1.82) is 0 Å². The van der Waals surface area contributed by atoms with Crippen LogP contribution in [-0.2, 0) is 9.59 Å². The molecule has 0 fully saturated rings. The number of nitrogens with zero attached hydrogens (tertiary/aromatic N) is 2. The molecule has 2 rings (SSSR count). The number of fused-ring (bicyclic) bond motifs is 1. The summed E-state index contributed by atoms with van der Waals surface area (Å²) >= 11 is 1.67. The maximum absolute atomic E-state index is 12.5. The summed E-state index contributed by atoms with van der Waals surface area (Å²) < 4.78 is 1.16. The fourth-order valence-corrected chi connectivity index (χ4v) is 3.70. The molecule has 136 valence electrons. The molecule has 1 aromatic heterocycles. The van der Waals surface area contributed by atoms with Crippen LogP contribution in [0.15, 0.2) is 24.3 Å². The Labute approximate surface area is 152 Å². The summed E-state index contributed by atoms with van der Waals surface area (Å²) in [5.74, 6) is -0.131. The average Bonchev–Trinajstić information content (AvgIpc) is 3.03. The highest BCUT2D eigenvalue weighted by Crippen LogP contribution is 2.24. The Balaban J connectivity index is 2.00. The maximum Gasteiger partial charge on any atom is 0.278 e. The van der Waals surface area contributed by atoms with Gasteiger partial charge >= 0.3 is 0 Å². The van der Waals surface area contributed by atoms with Crippen molar-refractivity contribution in [3.63, 3.8) is 0 Å². The SMILES string of the molecule is CCNC(=O)CN(CC)C(=O)C[NH+](C)[C@H](C)c1nc2ccccc2s1. The molecule has 0 radical (unpaired) electrons. The molecule has 0 aliphatic heterocycles. The molecule has 2 N–H and O–H groups in total. The van der Waals surface area contributed by atoms with Crippen LogP contribution in [0.25, 0.3) is 10.2 Å². The van der Waals surface area contributed by atoms with Crippen molar-refractivity contribution in [1.82, 2.24) is 15.2 Å². The van der Waals surface area contributed by atoms with Gasteiger partial charge in [-0.1, -0.05) is 12.1 Å². The lowest BCUT2D eigenvalue weighted by Gasteiger charge is -2.24. The fourth-order valence-electron chi connectivity index (χ4n) is 2.59. The number of rotatable bonds is 8. The van der Waals surface area contributed by atoms with Crippen LogP contribution in [-0.4, -0.2) is 54.9 Å². The summed E-state index contributed by atoms with van der Waals surface area (Å²) in [5, 5.41) is 3.76. The molecule has 2 atom stereocenters. The molecule has 2 amide bonds. The summed E-state index contributed by atoms with van der Waals surface area (Å²) in [4.78, 5) is 31.6. The summed E-state index contributed by atoms with van der Waals surface area (Å²) in [6.45, 7) is 7.40. The zero-order chi connectivity index (χ0) is 18.4. The minimum atomic E-state index is -0.116. The van der Waals surface area contributed by atoms with Gasteiger partial charge in [0.05, 0.1) is 23.8 Å². The van der Waals surface area contributed by atoms with Crippen LogP contribution in [0.4, 0.5) is 0 Å². The first kappa shape index (κ1) is 19.3. The van der Waals surface area contributed by atoms with Crippen molar-refractivity contribution >= 4 is 33.4 Å². The van der Waals surface area contributed by atoms with Crippen molar-refractivity contribution in [2.75, 3.05) is 33.2 Å². The van der Waals surface area contributed by atoms with E-state index in [4.69, 9.17) is 0 Å². The molecule has 1 heterocycles. The topological polar surface area (TPSA) is 66.7 Å². The smallest absolute Gasteiger partial charge is 0.278 e. The Morgan fingerprint density at radius 3 is 2.68 bits per heavy atom. The van der Waals surface area contributed by atoms with E-state index in [0.717, 1.165) is 20.1 Å². The van der Waals surface area contributed by atoms with Gasteiger partial charge in [0, 0.05) is 13.1 Å². The first-order chi connectivity index (χ1) is 12.0. The van der Waals surface area contributed by atoms with Gasteiger partial charge in [-0.2, -0.15) is 0 Å². The van der Waals surface area contributed by atoms with Crippen molar-refractivity contribution in [3.8, 4) is 0 Å². The summed E-state index contributed by atoms with van der Waals surface area (Å²) in [7, 11) is 1.99. The van der Waals surface area contributed by atoms with Crippen LogP contribution in [0.1, 0.15) is 31.8 Å². The van der Waals surface area contributed by atoms with Crippen LogP contribution >= 0.6 is 11.3 Å². The highest BCUT2D eigenvalue weighted by Gasteiger charge is 2.25. The Bertz CT molecular complexity index is 698. The quantitative estimate of drug-likeness (QED) is 0.731. The number of para-hydroxylation sites is 1. The average molecular weight is 364 g/mol. The zero-order valence-electron chi connectivity index (χ0n) is 15.3. The molecule has 0 saturated carbocycles. The lowest BCUT2D eigenvalue weighted by atomic mass is 10.3. The van der Waals surface area contributed by atoms with Gasteiger partial charge in [0.15, 0.2) is 11.6 Å². The first-order valence-corrected chi connectivity index (χ1v) is 9.50. The third kappa shape index (κ3) is 4.99. The van der Waals surface area contributed by atoms with Gasteiger partial charge in [0.1, 0.15) is 6.04 Å². The third-order valence-electron chi connectivity index (χ3n) is 4.29. The molecule has 0 spiro atoms. The molecule has 0 bridgehead atoms. The second-order valence-corrected chi connectivity index (χ2v) is 7.19. The second-order valence-electron chi connectivity index (χ2n) is 6.13. The van der Waals surface area contributed by atoms with E-state index < -0.39 is 0 Å². The van der Waals surface area contributed by atoms with Crippen molar-refractivity contribution in [2.45, 2.75) is 26.8 Å². The monoisotopic (exact) mass is 363 g/mol. The van der Waals surface area contributed by atoms with E-state index in [9.17, 15) is 9.59 Å². The van der Waals surface area contributed by atoms with E-state index in [1.54, 1.807) is 16.2 Å². The number of nitrogens with one attached hydrogen (secondary N) is 2. The van der Waals surface area contributed by atoms with Gasteiger partial charge < -0.3 is 15.1 Å². The minimum Gasteiger partial charge on any atom is -0.355 e. The van der Waals surface area contributed by atoms with Gasteiger partial charge in [0.2, 0.25) is 5.91 Å². The lowest BCUT2D eigenvalue weighted by Crippen LogP contribution is -3.10. The van der Waals surface area contributed by atoms with Gasteiger partial charge in [-0.3, -0.25) is 9.59 Å². The molecule has 1 unspecified atom stereocenters. The van der Waals surface area contributed by atoms with Crippen LogP contribution in [0.5, 0.6) is 0 Å². The second kappa shape index (κ2) is 8.92. The number of hydrogen-bond acceptors (Lipinski definition) is 4. The van der Waals surface area contributed by atoms with E-state index in [-0.39, 0.29) is 24.4 Å². The largest absolute Gasteiger partial charge is 0.355 e. The third-order valence-corrected chi connectivity index (χ3v) is 5.51. The van der Waals surface area contributed by atoms with Gasteiger partial charge in [-0.05, 0) is 32.9 Å². The Kier molecular flexibility index (Phi) is 6.90. The van der Waals surface area contributed by atoms with Gasteiger partial charge in [0.25, 0.3) is 5.91 Å².